The Kier molecular flexibility index (Phi) is 7.03. The number of amides is 1. The quantitative estimate of drug-likeness (QED) is 0.773. The molecule has 20 heavy (non-hydrogen) atoms. The first-order valence-electron chi connectivity index (χ1n) is 7.31. The first-order chi connectivity index (χ1) is 9.47. The highest BCUT2D eigenvalue weighted by Crippen LogP contribution is 2.24. The van der Waals surface area contributed by atoms with E-state index >= 15 is 0 Å². The average molecular weight is 297 g/mol. The second-order valence-electron chi connectivity index (χ2n) is 5.32. The normalized spacial score (nSPS) is 13.8. The second kappa shape index (κ2) is 8.28. The molecule has 0 bridgehead atoms. The van der Waals surface area contributed by atoms with Crippen molar-refractivity contribution in [2.75, 3.05) is 4.90 Å². The predicted molar refractivity (Wildman–Crippen MR) is 86.2 cm³/mol. The molecule has 0 aliphatic carbocycles. The van der Waals surface area contributed by atoms with Gasteiger partial charge in [0.1, 0.15) is 0 Å². The molecule has 0 aliphatic rings. The Hall–Kier alpha value is -1.06. The van der Waals surface area contributed by atoms with Gasteiger partial charge in [0, 0.05) is 16.8 Å². The van der Waals surface area contributed by atoms with Crippen molar-refractivity contribution in [3.63, 3.8) is 0 Å². The van der Waals surface area contributed by atoms with Gasteiger partial charge in [-0.2, -0.15) is 0 Å². The Labute approximate surface area is 127 Å². The SMILES string of the molecule is CCCCCC(C)N(C(=O)C(C)N)c1cccc(Cl)c1. The van der Waals surface area contributed by atoms with Crippen LogP contribution in [-0.4, -0.2) is 18.0 Å². The van der Waals surface area contributed by atoms with E-state index in [9.17, 15) is 4.79 Å². The Morgan fingerprint density at radius 3 is 2.60 bits per heavy atom. The van der Waals surface area contributed by atoms with Crippen molar-refractivity contribution in [2.24, 2.45) is 5.73 Å². The number of hydrogen-bond acceptors (Lipinski definition) is 2. The summed E-state index contributed by atoms with van der Waals surface area (Å²) >= 11 is 6.04. The minimum absolute atomic E-state index is 0.0590. The highest BCUT2D eigenvalue weighted by atomic mass is 35.5. The maximum Gasteiger partial charge on any atom is 0.243 e. The molecule has 1 aromatic carbocycles. The van der Waals surface area contributed by atoms with Gasteiger partial charge in [0.2, 0.25) is 5.91 Å². The van der Waals surface area contributed by atoms with Crippen molar-refractivity contribution in [3.05, 3.63) is 29.3 Å². The van der Waals surface area contributed by atoms with Crippen molar-refractivity contribution in [3.8, 4) is 0 Å². The van der Waals surface area contributed by atoms with Gasteiger partial charge in [0.05, 0.1) is 6.04 Å². The first kappa shape index (κ1) is 17.0. The summed E-state index contributed by atoms with van der Waals surface area (Å²) in [5.41, 5.74) is 6.60. The number of nitrogens with two attached hydrogens (primary N) is 1. The molecule has 2 unspecified atom stereocenters. The summed E-state index contributed by atoms with van der Waals surface area (Å²) < 4.78 is 0. The Morgan fingerprint density at radius 1 is 1.35 bits per heavy atom. The highest BCUT2D eigenvalue weighted by molar-refractivity contribution is 6.30. The van der Waals surface area contributed by atoms with Crippen molar-refractivity contribution in [1.29, 1.82) is 0 Å². The molecule has 1 amide bonds. The van der Waals surface area contributed by atoms with Crippen LogP contribution in [0.25, 0.3) is 0 Å². The zero-order chi connectivity index (χ0) is 15.1. The number of unbranched alkanes of at least 4 members (excludes halogenated alkanes) is 2. The second-order valence-corrected chi connectivity index (χ2v) is 5.76. The van der Waals surface area contributed by atoms with Gasteiger partial charge in [-0.1, -0.05) is 43.9 Å². The maximum absolute atomic E-state index is 12.4. The van der Waals surface area contributed by atoms with Crippen LogP contribution >= 0.6 is 11.6 Å². The van der Waals surface area contributed by atoms with Crippen LogP contribution in [0.1, 0.15) is 46.5 Å². The summed E-state index contributed by atoms with van der Waals surface area (Å²) in [7, 11) is 0. The molecule has 1 rings (SSSR count). The van der Waals surface area contributed by atoms with Crippen LogP contribution in [0, 0.1) is 0 Å². The average Bonchev–Trinajstić information content (AvgIpc) is 2.39. The van der Waals surface area contributed by atoms with E-state index in [0.717, 1.165) is 18.5 Å². The lowest BCUT2D eigenvalue weighted by Crippen LogP contribution is -2.46. The lowest BCUT2D eigenvalue weighted by Gasteiger charge is -2.31. The number of anilines is 1. The van der Waals surface area contributed by atoms with Gasteiger partial charge in [-0.25, -0.2) is 0 Å². The van der Waals surface area contributed by atoms with Gasteiger partial charge in [0.15, 0.2) is 0 Å². The van der Waals surface area contributed by atoms with Crippen LogP contribution < -0.4 is 10.6 Å². The maximum atomic E-state index is 12.4. The molecular formula is C16H25ClN2O. The van der Waals surface area contributed by atoms with Gasteiger partial charge in [-0.05, 0) is 38.5 Å². The summed E-state index contributed by atoms with van der Waals surface area (Å²) in [5, 5.41) is 0.630. The summed E-state index contributed by atoms with van der Waals surface area (Å²) in [6, 6.07) is 7.00. The number of benzene rings is 1. The molecule has 4 heteroatoms. The van der Waals surface area contributed by atoms with E-state index in [0.29, 0.717) is 5.02 Å². The predicted octanol–water partition coefficient (Wildman–Crippen LogP) is 3.99. The molecule has 0 saturated heterocycles. The Morgan fingerprint density at radius 2 is 2.05 bits per heavy atom. The zero-order valence-corrected chi connectivity index (χ0v) is 13.4. The number of rotatable bonds is 7. The van der Waals surface area contributed by atoms with Crippen molar-refractivity contribution in [1.82, 2.24) is 0 Å². The molecule has 0 saturated carbocycles. The molecule has 3 nitrogen and oxygen atoms in total. The van der Waals surface area contributed by atoms with Crippen molar-refractivity contribution >= 4 is 23.2 Å². The van der Waals surface area contributed by atoms with Gasteiger partial charge < -0.3 is 10.6 Å². The van der Waals surface area contributed by atoms with Crippen LogP contribution in [0.3, 0.4) is 0 Å². The number of hydrogen-bond donors (Lipinski definition) is 1. The van der Waals surface area contributed by atoms with E-state index in [1.54, 1.807) is 17.9 Å². The molecule has 2 atom stereocenters. The van der Waals surface area contributed by atoms with Crippen molar-refractivity contribution in [2.45, 2.75) is 58.5 Å². The van der Waals surface area contributed by atoms with E-state index in [-0.39, 0.29) is 11.9 Å². The fraction of sp³-hybridized carbons (Fsp3) is 0.562. The van der Waals surface area contributed by atoms with Gasteiger partial charge in [-0.15, -0.1) is 0 Å². The summed E-state index contributed by atoms with van der Waals surface area (Å²) in [4.78, 5) is 14.2. The highest BCUT2D eigenvalue weighted by Gasteiger charge is 2.24. The van der Waals surface area contributed by atoms with Crippen LogP contribution in [0.5, 0.6) is 0 Å². The molecule has 112 valence electrons. The summed E-state index contributed by atoms with van der Waals surface area (Å²) in [5.74, 6) is -0.0590. The van der Waals surface area contributed by atoms with E-state index < -0.39 is 6.04 Å². The van der Waals surface area contributed by atoms with Crippen LogP contribution in [0.2, 0.25) is 5.02 Å². The fourth-order valence-corrected chi connectivity index (χ4v) is 2.45. The van der Waals surface area contributed by atoms with Crippen LogP contribution in [0.4, 0.5) is 5.69 Å². The largest absolute Gasteiger partial charge is 0.320 e. The van der Waals surface area contributed by atoms with Gasteiger partial charge in [-0.3, -0.25) is 4.79 Å². The number of halogens is 1. The lowest BCUT2D eigenvalue weighted by molar-refractivity contribution is -0.119. The smallest absolute Gasteiger partial charge is 0.243 e. The summed E-state index contributed by atoms with van der Waals surface area (Å²) in [6.45, 7) is 5.96. The molecule has 2 N–H and O–H groups in total. The zero-order valence-electron chi connectivity index (χ0n) is 12.6. The fourth-order valence-electron chi connectivity index (χ4n) is 2.26. The monoisotopic (exact) mass is 296 g/mol. The third-order valence-electron chi connectivity index (χ3n) is 3.38. The number of nitrogens with zero attached hydrogens (tertiary/aromatic N) is 1. The molecule has 0 heterocycles. The van der Waals surface area contributed by atoms with E-state index in [1.807, 2.05) is 18.2 Å². The van der Waals surface area contributed by atoms with Crippen LogP contribution in [-0.2, 0) is 4.79 Å². The van der Waals surface area contributed by atoms with Crippen LogP contribution in [0.15, 0.2) is 24.3 Å². The van der Waals surface area contributed by atoms with E-state index in [4.69, 9.17) is 17.3 Å². The molecule has 0 radical (unpaired) electrons. The van der Waals surface area contributed by atoms with E-state index in [2.05, 4.69) is 13.8 Å². The molecule has 0 spiro atoms. The molecule has 0 aliphatic heterocycles. The summed E-state index contributed by atoms with van der Waals surface area (Å²) in [6.07, 6.45) is 4.44. The van der Waals surface area contributed by atoms with Crippen molar-refractivity contribution < 1.29 is 4.79 Å². The molecule has 0 aromatic heterocycles. The Bertz CT molecular complexity index is 434. The van der Waals surface area contributed by atoms with Gasteiger partial charge >= 0.3 is 0 Å². The lowest BCUT2D eigenvalue weighted by atomic mass is 10.1. The molecular weight excluding hydrogens is 272 g/mol. The third-order valence-corrected chi connectivity index (χ3v) is 3.61. The minimum atomic E-state index is -0.511. The number of carbonyl (C=O) groups excluding carboxylic acids is 1. The molecule has 0 fully saturated rings. The van der Waals surface area contributed by atoms with Gasteiger partial charge in [0.25, 0.3) is 0 Å². The first-order valence-corrected chi connectivity index (χ1v) is 7.69. The van der Waals surface area contributed by atoms with E-state index in [1.165, 1.54) is 12.8 Å². The standard InChI is InChI=1S/C16H25ClN2O/c1-4-5-6-8-12(2)19(16(20)13(3)18)15-10-7-9-14(17)11-15/h7,9-13H,4-6,8,18H2,1-3H3. The topological polar surface area (TPSA) is 46.3 Å². The third kappa shape index (κ3) is 4.80. The molecule has 1 aromatic rings. The Balaban J connectivity index is 2.93. The number of carbonyl (C=O) groups is 1. The minimum Gasteiger partial charge on any atom is -0.320 e.